The number of hydrogen-bond donors (Lipinski definition) is 1. The van der Waals surface area contributed by atoms with Gasteiger partial charge in [0.1, 0.15) is 0 Å². The summed E-state index contributed by atoms with van der Waals surface area (Å²) in [6.07, 6.45) is 2.94. The van der Waals surface area contributed by atoms with Gasteiger partial charge in [0, 0.05) is 6.20 Å². The van der Waals surface area contributed by atoms with Crippen LogP contribution < -0.4 is 0 Å². The highest BCUT2D eigenvalue weighted by atomic mass is 32.2. The van der Waals surface area contributed by atoms with Crippen molar-refractivity contribution in [1.29, 1.82) is 0 Å². The number of aliphatic carboxylic acids is 1. The first-order chi connectivity index (χ1) is 7.04. The summed E-state index contributed by atoms with van der Waals surface area (Å²) in [7, 11) is 0. The second kappa shape index (κ2) is 4.57. The SMILES string of the molecule is CCC(F)(C(=O)O)c1ccnc(SC)n1. The number of rotatable bonds is 4. The zero-order valence-electron chi connectivity index (χ0n) is 8.40. The fourth-order valence-corrected chi connectivity index (χ4v) is 1.46. The van der Waals surface area contributed by atoms with Gasteiger partial charge < -0.3 is 5.11 Å². The lowest BCUT2D eigenvalue weighted by Gasteiger charge is -2.17. The van der Waals surface area contributed by atoms with Gasteiger partial charge in [-0.2, -0.15) is 0 Å². The third-order valence-electron chi connectivity index (χ3n) is 2.05. The Balaban J connectivity index is 3.18. The van der Waals surface area contributed by atoms with Crippen molar-refractivity contribution in [2.45, 2.75) is 24.2 Å². The molecule has 1 heterocycles. The molecule has 0 fully saturated rings. The summed E-state index contributed by atoms with van der Waals surface area (Å²) in [5.41, 5.74) is -2.52. The predicted molar refractivity (Wildman–Crippen MR) is 54.5 cm³/mol. The average Bonchev–Trinajstić information content (AvgIpc) is 2.27. The van der Waals surface area contributed by atoms with Crippen molar-refractivity contribution in [2.24, 2.45) is 0 Å². The number of carbonyl (C=O) groups is 1. The quantitative estimate of drug-likeness (QED) is 0.631. The molecule has 0 saturated carbocycles. The molecular weight excluding hydrogens is 219 g/mol. The van der Waals surface area contributed by atoms with Gasteiger partial charge in [0.05, 0.1) is 5.69 Å². The van der Waals surface area contributed by atoms with E-state index in [4.69, 9.17) is 5.11 Å². The molecule has 1 rings (SSSR count). The van der Waals surface area contributed by atoms with E-state index in [0.717, 1.165) is 0 Å². The summed E-state index contributed by atoms with van der Waals surface area (Å²) in [4.78, 5) is 18.5. The van der Waals surface area contributed by atoms with E-state index in [1.165, 1.54) is 30.9 Å². The summed E-state index contributed by atoms with van der Waals surface area (Å²) >= 11 is 1.24. The number of hydrogen-bond acceptors (Lipinski definition) is 4. The topological polar surface area (TPSA) is 63.1 Å². The smallest absolute Gasteiger partial charge is 0.347 e. The molecule has 82 valence electrons. The Morgan fingerprint density at radius 2 is 2.40 bits per heavy atom. The molecule has 0 aromatic carbocycles. The highest BCUT2D eigenvalue weighted by Crippen LogP contribution is 2.29. The van der Waals surface area contributed by atoms with Crippen LogP contribution in [-0.4, -0.2) is 27.3 Å². The number of nitrogens with zero attached hydrogens (tertiary/aromatic N) is 2. The van der Waals surface area contributed by atoms with Crippen LogP contribution in [-0.2, 0) is 10.5 Å². The van der Waals surface area contributed by atoms with Gasteiger partial charge in [0.25, 0.3) is 0 Å². The van der Waals surface area contributed by atoms with Crippen LogP contribution in [0.15, 0.2) is 17.4 Å². The third kappa shape index (κ3) is 2.26. The second-order valence-corrected chi connectivity index (χ2v) is 3.66. The van der Waals surface area contributed by atoms with E-state index < -0.39 is 11.6 Å². The molecule has 0 saturated heterocycles. The third-order valence-corrected chi connectivity index (χ3v) is 2.61. The molecule has 0 amide bonds. The molecule has 1 aromatic rings. The van der Waals surface area contributed by atoms with Crippen molar-refractivity contribution < 1.29 is 14.3 Å². The van der Waals surface area contributed by atoms with Gasteiger partial charge in [-0.05, 0) is 18.7 Å². The largest absolute Gasteiger partial charge is 0.479 e. The van der Waals surface area contributed by atoms with Crippen molar-refractivity contribution in [1.82, 2.24) is 9.97 Å². The van der Waals surface area contributed by atoms with Gasteiger partial charge in [-0.15, -0.1) is 0 Å². The van der Waals surface area contributed by atoms with Gasteiger partial charge in [-0.1, -0.05) is 18.7 Å². The molecule has 0 aliphatic heterocycles. The number of thioether (sulfide) groups is 1. The van der Waals surface area contributed by atoms with E-state index in [1.54, 1.807) is 6.26 Å². The summed E-state index contributed by atoms with van der Waals surface area (Å²) in [6.45, 7) is 1.47. The summed E-state index contributed by atoms with van der Waals surface area (Å²) in [5, 5.41) is 9.17. The molecule has 0 radical (unpaired) electrons. The van der Waals surface area contributed by atoms with E-state index in [-0.39, 0.29) is 12.1 Å². The van der Waals surface area contributed by atoms with E-state index >= 15 is 0 Å². The van der Waals surface area contributed by atoms with Crippen LogP contribution in [0, 0.1) is 0 Å². The maximum absolute atomic E-state index is 14.0. The van der Waals surface area contributed by atoms with Crippen molar-refractivity contribution in [3.05, 3.63) is 18.0 Å². The first-order valence-electron chi connectivity index (χ1n) is 4.34. The number of carboxylic acid groups (broad SMARTS) is 1. The maximum atomic E-state index is 14.0. The summed E-state index contributed by atoms with van der Waals surface area (Å²) < 4.78 is 14.0. The van der Waals surface area contributed by atoms with Crippen LogP contribution in [0.3, 0.4) is 0 Å². The van der Waals surface area contributed by atoms with Crippen molar-refractivity contribution in [3.8, 4) is 0 Å². The van der Waals surface area contributed by atoms with Gasteiger partial charge in [0.2, 0.25) is 5.67 Å². The molecule has 0 aliphatic rings. The monoisotopic (exact) mass is 230 g/mol. The Morgan fingerprint density at radius 1 is 1.73 bits per heavy atom. The minimum Gasteiger partial charge on any atom is -0.479 e. The molecule has 1 unspecified atom stereocenters. The van der Waals surface area contributed by atoms with Crippen LogP contribution in [0.2, 0.25) is 0 Å². The van der Waals surface area contributed by atoms with Crippen molar-refractivity contribution in [2.75, 3.05) is 6.26 Å². The minimum atomic E-state index is -2.42. The van der Waals surface area contributed by atoms with Gasteiger partial charge >= 0.3 is 5.97 Å². The standard InChI is InChI=1S/C9H11FN2O2S/c1-3-9(10,7(13)14)6-4-5-11-8(12-6)15-2/h4-5H,3H2,1-2H3,(H,13,14). The van der Waals surface area contributed by atoms with Gasteiger partial charge in [0.15, 0.2) is 5.16 Å². The van der Waals surface area contributed by atoms with Crippen LogP contribution >= 0.6 is 11.8 Å². The fourth-order valence-electron chi connectivity index (χ4n) is 1.10. The Morgan fingerprint density at radius 3 is 2.87 bits per heavy atom. The van der Waals surface area contributed by atoms with Crippen molar-refractivity contribution >= 4 is 17.7 Å². The second-order valence-electron chi connectivity index (χ2n) is 2.89. The average molecular weight is 230 g/mol. The lowest BCUT2D eigenvalue weighted by molar-refractivity contribution is -0.152. The molecule has 0 bridgehead atoms. The van der Waals surface area contributed by atoms with Crippen LogP contribution in [0.4, 0.5) is 4.39 Å². The summed E-state index contributed by atoms with van der Waals surface area (Å²) in [6, 6.07) is 1.29. The number of carboxylic acids is 1. The number of aromatic nitrogens is 2. The van der Waals surface area contributed by atoms with Crippen LogP contribution in [0.25, 0.3) is 0 Å². The van der Waals surface area contributed by atoms with Crippen LogP contribution in [0.5, 0.6) is 0 Å². The first-order valence-corrected chi connectivity index (χ1v) is 5.57. The lowest BCUT2D eigenvalue weighted by atomic mass is 9.99. The molecule has 6 heteroatoms. The van der Waals surface area contributed by atoms with Gasteiger partial charge in [-0.25, -0.2) is 19.2 Å². The lowest BCUT2D eigenvalue weighted by Crippen LogP contribution is -2.31. The highest BCUT2D eigenvalue weighted by Gasteiger charge is 2.40. The van der Waals surface area contributed by atoms with Crippen LogP contribution in [0.1, 0.15) is 19.0 Å². The fraction of sp³-hybridized carbons (Fsp3) is 0.444. The first kappa shape index (κ1) is 11.9. The predicted octanol–water partition coefficient (Wildman–Crippen LogP) is 1.86. The zero-order chi connectivity index (χ0) is 11.5. The Bertz CT molecular complexity index is 375. The number of halogens is 1. The molecule has 4 nitrogen and oxygen atoms in total. The Labute approximate surface area is 90.9 Å². The highest BCUT2D eigenvalue weighted by molar-refractivity contribution is 7.98. The zero-order valence-corrected chi connectivity index (χ0v) is 9.21. The van der Waals surface area contributed by atoms with Gasteiger partial charge in [-0.3, -0.25) is 0 Å². The Hall–Kier alpha value is -1.17. The summed E-state index contributed by atoms with van der Waals surface area (Å²) in [5.74, 6) is -1.52. The molecule has 1 aromatic heterocycles. The minimum absolute atomic E-state index is 0.100. The van der Waals surface area contributed by atoms with E-state index in [1.807, 2.05) is 0 Å². The number of alkyl halides is 1. The molecule has 0 aliphatic carbocycles. The van der Waals surface area contributed by atoms with E-state index in [9.17, 15) is 9.18 Å². The van der Waals surface area contributed by atoms with Crippen molar-refractivity contribution in [3.63, 3.8) is 0 Å². The van der Waals surface area contributed by atoms with E-state index in [0.29, 0.717) is 5.16 Å². The molecule has 1 atom stereocenters. The Kier molecular flexibility index (Phi) is 3.62. The maximum Gasteiger partial charge on any atom is 0.347 e. The molecular formula is C9H11FN2O2S. The molecule has 0 spiro atoms. The molecule has 15 heavy (non-hydrogen) atoms. The normalized spacial score (nSPS) is 14.6. The molecule has 1 N–H and O–H groups in total. The van der Waals surface area contributed by atoms with E-state index in [2.05, 4.69) is 9.97 Å².